The van der Waals surface area contributed by atoms with Crippen molar-refractivity contribution >= 4 is 11.8 Å². The van der Waals surface area contributed by atoms with Gasteiger partial charge >= 0.3 is 0 Å². The molecule has 0 amide bonds. The van der Waals surface area contributed by atoms with Crippen LogP contribution in [-0.2, 0) is 4.74 Å². The van der Waals surface area contributed by atoms with Crippen LogP contribution in [0.15, 0.2) is 0 Å². The van der Waals surface area contributed by atoms with E-state index in [0.29, 0.717) is 4.75 Å². The van der Waals surface area contributed by atoms with Crippen LogP contribution in [0.4, 0.5) is 0 Å². The van der Waals surface area contributed by atoms with Crippen LogP contribution in [0.3, 0.4) is 0 Å². The molecule has 4 N–H and O–H groups in total. The second-order valence-corrected chi connectivity index (χ2v) is 6.17. The highest BCUT2D eigenvalue weighted by atomic mass is 32.2. The maximum atomic E-state index is 5.30. The van der Waals surface area contributed by atoms with E-state index in [-0.39, 0.29) is 11.0 Å². The third kappa shape index (κ3) is 7.31. The average molecular weight is 210 g/mol. The molecule has 0 spiro atoms. The summed E-state index contributed by atoms with van der Waals surface area (Å²) in [6, 6.07) is 0. The third-order valence-corrected chi connectivity index (χ3v) is 3.20. The topological polar surface area (TPSA) is 72.2 Å². The summed E-state index contributed by atoms with van der Waals surface area (Å²) in [5.41, 5.74) is 0. The highest BCUT2D eigenvalue weighted by Gasteiger charge is 2.20. The van der Waals surface area contributed by atoms with Crippen LogP contribution in [0.2, 0.25) is 0 Å². The molecule has 0 bridgehead atoms. The minimum absolute atomic E-state index is 0. The number of ether oxygens (including phenoxy) is 1. The maximum Gasteiger partial charge on any atom is 0.0476 e. The van der Waals surface area contributed by atoms with Crippen LogP contribution in [0.25, 0.3) is 0 Å². The molecular formula is C9H22O3S. The molecule has 0 aromatic rings. The Morgan fingerprint density at radius 2 is 1.54 bits per heavy atom. The summed E-state index contributed by atoms with van der Waals surface area (Å²) in [4.78, 5) is 0. The molecule has 0 unspecified atom stereocenters. The van der Waals surface area contributed by atoms with Crippen molar-refractivity contribution in [2.75, 3.05) is 13.2 Å². The Bertz CT molecular complexity index is 117. The lowest BCUT2D eigenvalue weighted by molar-refractivity contribution is 0.0998. The summed E-state index contributed by atoms with van der Waals surface area (Å²) >= 11 is 2.10. The Morgan fingerprint density at radius 1 is 1.08 bits per heavy atom. The molecule has 1 aliphatic rings. The van der Waals surface area contributed by atoms with E-state index in [4.69, 9.17) is 4.74 Å². The van der Waals surface area contributed by atoms with Gasteiger partial charge in [-0.3, -0.25) is 0 Å². The SMILES string of the molecule is CC(C)(C)SC1CCOCC1.O.O. The molecule has 0 radical (unpaired) electrons. The molecule has 13 heavy (non-hydrogen) atoms. The summed E-state index contributed by atoms with van der Waals surface area (Å²) in [7, 11) is 0. The van der Waals surface area contributed by atoms with Gasteiger partial charge < -0.3 is 15.7 Å². The Kier molecular flexibility index (Phi) is 8.03. The summed E-state index contributed by atoms with van der Waals surface area (Å²) in [6.07, 6.45) is 2.48. The summed E-state index contributed by atoms with van der Waals surface area (Å²) in [6.45, 7) is 8.79. The molecule has 0 aliphatic carbocycles. The standard InChI is InChI=1S/C9H18OS.2H2O/c1-9(2,3)11-8-4-6-10-7-5-8;;/h8H,4-7H2,1-3H3;2*1H2. The Hall–Kier alpha value is 0.230. The zero-order valence-electron chi connectivity index (χ0n) is 8.72. The van der Waals surface area contributed by atoms with Crippen molar-refractivity contribution in [1.29, 1.82) is 0 Å². The van der Waals surface area contributed by atoms with Crippen LogP contribution in [0.1, 0.15) is 33.6 Å². The van der Waals surface area contributed by atoms with Crippen LogP contribution < -0.4 is 0 Å². The lowest BCUT2D eigenvalue weighted by atomic mass is 10.2. The molecule has 1 fully saturated rings. The first-order valence-corrected chi connectivity index (χ1v) is 5.21. The van der Waals surface area contributed by atoms with Crippen LogP contribution in [-0.4, -0.2) is 34.2 Å². The quantitative estimate of drug-likeness (QED) is 0.649. The predicted molar refractivity (Wildman–Crippen MR) is 58.4 cm³/mol. The van der Waals surface area contributed by atoms with Gasteiger partial charge in [0.1, 0.15) is 0 Å². The summed E-state index contributed by atoms with van der Waals surface area (Å²) in [5, 5.41) is 0.837. The predicted octanol–water partition coefficient (Wildman–Crippen LogP) is 1.05. The van der Waals surface area contributed by atoms with Gasteiger partial charge in [0.2, 0.25) is 0 Å². The minimum Gasteiger partial charge on any atom is -0.412 e. The number of rotatable bonds is 1. The monoisotopic (exact) mass is 210 g/mol. The fraction of sp³-hybridized carbons (Fsp3) is 1.00. The largest absolute Gasteiger partial charge is 0.412 e. The van der Waals surface area contributed by atoms with Gasteiger partial charge in [-0.25, -0.2) is 0 Å². The van der Waals surface area contributed by atoms with Crippen molar-refractivity contribution in [1.82, 2.24) is 0 Å². The van der Waals surface area contributed by atoms with Crippen molar-refractivity contribution in [3.63, 3.8) is 0 Å². The zero-order valence-corrected chi connectivity index (χ0v) is 9.54. The first kappa shape index (κ1) is 15.7. The molecule has 1 aliphatic heterocycles. The molecule has 0 saturated carbocycles. The van der Waals surface area contributed by atoms with Gasteiger partial charge in [0.25, 0.3) is 0 Å². The molecule has 82 valence electrons. The van der Waals surface area contributed by atoms with Crippen molar-refractivity contribution < 1.29 is 15.7 Å². The third-order valence-electron chi connectivity index (χ3n) is 1.69. The van der Waals surface area contributed by atoms with Crippen LogP contribution >= 0.6 is 11.8 Å². The Morgan fingerprint density at radius 3 is 1.92 bits per heavy atom. The van der Waals surface area contributed by atoms with E-state index >= 15 is 0 Å². The number of hydrogen-bond acceptors (Lipinski definition) is 2. The van der Waals surface area contributed by atoms with Gasteiger partial charge in [0, 0.05) is 23.2 Å². The van der Waals surface area contributed by atoms with E-state index in [1.807, 2.05) is 0 Å². The first-order valence-electron chi connectivity index (χ1n) is 4.33. The van der Waals surface area contributed by atoms with E-state index in [1.54, 1.807) is 0 Å². The highest BCUT2D eigenvalue weighted by molar-refractivity contribution is 8.01. The van der Waals surface area contributed by atoms with Crippen molar-refractivity contribution in [3.8, 4) is 0 Å². The van der Waals surface area contributed by atoms with Gasteiger partial charge in [0.15, 0.2) is 0 Å². The van der Waals surface area contributed by atoms with Gasteiger partial charge in [-0.05, 0) is 12.8 Å². The minimum atomic E-state index is 0. The molecule has 3 nitrogen and oxygen atoms in total. The van der Waals surface area contributed by atoms with Crippen molar-refractivity contribution in [3.05, 3.63) is 0 Å². The molecule has 1 rings (SSSR count). The fourth-order valence-corrected chi connectivity index (χ4v) is 2.72. The van der Waals surface area contributed by atoms with E-state index in [1.165, 1.54) is 12.8 Å². The lowest BCUT2D eigenvalue weighted by Crippen LogP contribution is -2.22. The molecule has 0 aromatic heterocycles. The van der Waals surface area contributed by atoms with Crippen LogP contribution in [0, 0.1) is 0 Å². The van der Waals surface area contributed by atoms with Crippen molar-refractivity contribution in [2.24, 2.45) is 0 Å². The van der Waals surface area contributed by atoms with E-state index in [9.17, 15) is 0 Å². The van der Waals surface area contributed by atoms with E-state index in [2.05, 4.69) is 32.5 Å². The molecular weight excluding hydrogens is 188 g/mol. The van der Waals surface area contributed by atoms with Gasteiger partial charge in [0.05, 0.1) is 0 Å². The number of hydrogen-bond donors (Lipinski definition) is 0. The first-order chi connectivity index (χ1) is 5.08. The average Bonchev–Trinajstić information content (AvgIpc) is 1.85. The fourth-order valence-electron chi connectivity index (χ4n) is 1.29. The number of thioether (sulfide) groups is 1. The Balaban J connectivity index is 0. The summed E-state index contributed by atoms with van der Waals surface area (Å²) < 4.78 is 5.72. The van der Waals surface area contributed by atoms with Gasteiger partial charge in [-0.1, -0.05) is 20.8 Å². The second kappa shape index (κ2) is 6.65. The zero-order chi connectivity index (χ0) is 8.32. The second-order valence-electron chi connectivity index (χ2n) is 4.04. The van der Waals surface area contributed by atoms with Gasteiger partial charge in [-0.15, -0.1) is 0 Å². The summed E-state index contributed by atoms with van der Waals surface area (Å²) in [5.74, 6) is 0. The van der Waals surface area contributed by atoms with E-state index in [0.717, 1.165) is 18.5 Å². The van der Waals surface area contributed by atoms with Crippen molar-refractivity contribution in [2.45, 2.75) is 43.6 Å². The lowest BCUT2D eigenvalue weighted by Gasteiger charge is -2.28. The van der Waals surface area contributed by atoms with Crippen LogP contribution in [0.5, 0.6) is 0 Å². The molecule has 1 heterocycles. The maximum absolute atomic E-state index is 5.30. The smallest absolute Gasteiger partial charge is 0.0476 e. The molecule has 1 saturated heterocycles. The van der Waals surface area contributed by atoms with E-state index < -0.39 is 0 Å². The van der Waals surface area contributed by atoms with Gasteiger partial charge in [-0.2, -0.15) is 11.8 Å². The molecule has 4 heteroatoms. The normalized spacial score (nSPS) is 18.7. The molecule has 0 aromatic carbocycles. The Labute approximate surface area is 84.9 Å². The molecule has 0 atom stereocenters. The highest BCUT2D eigenvalue weighted by Crippen LogP contribution is 2.32.